The highest BCUT2D eigenvalue weighted by Crippen LogP contribution is 2.00. The fraction of sp³-hybridized carbons (Fsp3) is 0.500. The lowest BCUT2D eigenvalue weighted by atomic mass is 10.2. The number of carbonyl (C=O) groups is 1. The molecular formula is C8H10N4O2. The van der Waals surface area contributed by atoms with E-state index < -0.39 is 5.97 Å². The molecule has 0 spiro atoms. The molecule has 1 aromatic heterocycles. The van der Waals surface area contributed by atoms with Gasteiger partial charge in [-0.1, -0.05) is 5.92 Å². The number of aliphatic carboxylic acids is 1. The van der Waals surface area contributed by atoms with E-state index in [2.05, 4.69) is 21.4 Å². The van der Waals surface area contributed by atoms with E-state index in [1.165, 1.54) is 4.68 Å². The van der Waals surface area contributed by atoms with Crippen LogP contribution in [0, 0.1) is 12.3 Å². The summed E-state index contributed by atoms with van der Waals surface area (Å²) < 4.78 is 1.49. The highest BCUT2D eigenvalue weighted by Gasteiger charge is 2.05. The van der Waals surface area contributed by atoms with Gasteiger partial charge in [0, 0.05) is 12.8 Å². The SMILES string of the molecule is C#CCn1nnnc1CCCC(=O)O. The molecule has 0 aliphatic rings. The van der Waals surface area contributed by atoms with Gasteiger partial charge < -0.3 is 5.11 Å². The maximum Gasteiger partial charge on any atom is 0.303 e. The van der Waals surface area contributed by atoms with Gasteiger partial charge in [-0.15, -0.1) is 11.5 Å². The van der Waals surface area contributed by atoms with Gasteiger partial charge in [0.05, 0.1) is 0 Å². The molecule has 0 amide bonds. The van der Waals surface area contributed by atoms with Crippen molar-refractivity contribution in [2.75, 3.05) is 0 Å². The van der Waals surface area contributed by atoms with Gasteiger partial charge in [0.2, 0.25) is 0 Å². The van der Waals surface area contributed by atoms with Crippen molar-refractivity contribution in [1.29, 1.82) is 0 Å². The Hall–Kier alpha value is -1.90. The molecule has 6 heteroatoms. The first-order chi connectivity index (χ1) is 6.74. The summed E-state index contributed by atoms with van der Waals surface area (Å²) in [6.45, 7) is 0.315. The number of carboxylic acid groups (broad SMARTS) is 1. The monoisotopic (exact) mass is 194 g/mol. The second-order valence-corrected chi connectivity index (χ2v) is 2.70. The van der Waals surface area contributed by atoms with Gasteiger partial charge in [0.1, 0.15) is 6.54 Å². The Labute approximate surface area is 80.9 Å². The van der Waals surface area contributed by atoms with Crippen LogP contribution in [0.15, 0.2) is 0 Å². The van der Waals surface area contributed by atoms with Crippen molar-refractivity contribution >= 4 is 5.97 Å². The molecule has 1 heterocycles. The third kappa shape index (κ3) is 2.86. The molecule has 0 unspecified atom stereocenters. The lowest BCUT2D eigenvalue weighted by molar-refractivity contribution is -0.137. The van der Waals surface area contributed by atoms with Crippen molar-refractivity contribution in [3.05, 3.63) is 5.82 Å². The molecule has 0 bridgehead atoms. The second kappa shape index (κ2) is 4.97. The van der Waals surface area contributed by atoms with Crippen LogP contribution in [-0.2, 0) is 17.8 Å². The molecule has 1 aromatic rings. The predicted molar refractivity (Wildman–Crippen MR) is 47.2 cm³/mol. The summed E-state index contributed by atoms with van der Waals surface area (Å²) in [4.78, 5) is 10.2. The predicted octanol–water partition coefficient (Wildman–Crippen LogP) is -0.286. The average molecular weight is 194 g/mol. The van der Waals surface area contributed by atoms with E-state index in [4.69, 9.17) is 11.5 Å². The fourth-order valence-corrected chi connectivity index (χ4v) is 1.01. The largest absolute Gasteiger partial charge is 0.481 e. The molecule has 0 aliphatic heterocycles. The van der Waals surface area contributed by atoms with Crippen molar-refractivity contribution in [1.82, 2.24) is 20.2 Å². The maximum atomic E-state index is 10.2. The van der Waals surface area contributed by atoms with Gasteiger partial charge >= 0.3 is 5.97 Å². The number of carboxylic acids is 1. The Morgan fingerprint density at radius 2 is 2.43 bits per heavy atom. The number of nitrogens with zero attached hydrogens (tertiary/aromatic N) is 4. The van der Waals surface area contributed by atoms with Crippen LogP contribution in [0.4, 0.5) is 0 Å². The third-order valence-corrected chi connectivity index (χ3v) is 1.64. The molecule has 0 aliphatic carbocycles. The van der Waals surface area contributed by atoms with Crippen molar-refractivity contribution in [2.24, 2.45) is 0 Å². The molecule has 0 atom stereocenters. The Kier molecular flexibility index (Phi) is 3.61. The molecular weight excluding hydrogens is 184 g/mol. The molecule has 74 valence electrons. The number of aryl methyl sites for hydroxylation is 1. The second-order valence-electron chi connectivity index (χ2n) is 2.70. The topological polar surface area (TPSA) is 80.9 Å². The van der Waals surface area contributed by atoms with Crippen LogP contribution in [0.2, 0.25) is 0 Å². The Balaban J connectivity index is 2.46. The van der Waals surface area contributed by atoms with Crippen LogP contribution in [0.3, 0.4) is 0 Å². The van der Waals surface area contributed by atoms with Crippen LogP contribution >= 0.6 is 0 Å². The molecule has 0 fully saturated rings. The lowest BCUT2D eigenvalue weighted by Gasteiger charge is -1.98. The van der Waals surface area contributed by atoms with Crippen LogP contribution in [-0.4, -0.2) is 31.3 Å². The van der Waals surface area contributed by atoms with Crippen molar-refractivity contribution in [3.8, 4) is 12.3 Å². The molecule has 6 nitrogen and oxygen atoms in total. The zero-order chi connectivity index (χ0) is 10.4. The van der Waals surface area contributed by atoms with Crippen LogP contribution in [0.1, 0.15) is 18.7 Å². The van der Waals surface area contributed by atoms with Crippen LogP contribution < -0.4 is 0 Å². The van der Waals surface area contributed by atoms with E-state index in [1.807, 2.05) is 0 Å². The van der Waals surface area contributed by atoms with E-state index in [0.29, 0.717) is 25.2 Å². The van der Waals surface area contributed by atoms with Gasteiger partial charge in [0.15, 0.2) is 5.82 Å². The molecule has 14 heavy (non-hydrogen) atoms. The Morgan fingerprint density at radius 1 is 1.64 bits per heavy atom. The highest BCUT2D eigenvalue weighted by molar-refractivity contribution is 5.66. The molecule has 0 aromatic carbocycles. The summed E-state index contributed by atoms with van der Waals surface area (Å²) in [6.07, 6.45) is 6.26. The van der Waals surface area contributed by atoms with E-state index in [9.17, 15) is 4.79 Å². The number of hydrogen-bond acceptors (Lipinski definition) is 4. The van der Waals surface area contributed by atoms with E-state index in [1.54, 1.807) is 0 Å². The minimum Gasteiger partial charge on any atom is -0.481 e. The van der Waals surface area contributed by atoms with Gasteiger partial charge in [-0.25, -0.2) is 4.68 Å². The summed E-state index contributed by atoms with van der Waals surface area (Å²) >= 11 is 0. The van der Waals surface area contributed by atoms with Gasteiger partial charge in [0.25, 0.3) is 0 Å². The first kappa shape index (κ1) is 10.2. The standard InChI is InChI=1S/C8H10N4O2/c1-2-6-12-7(9-10-11-12)4-3-5-8(13)14/h1H,3-6H2,(H,13,14). The number of hydrogen-bond donors (Lipinski definition) is 1. The minimum absolute atomic E-state index is 0.114. The zero-order valence-electron chi connectivity index (χ0n) is 7.55. The highest BCUT2D eigenvalue weighted by atomic mass is 16.4. The summed E-state index contributed by atoms with van der Waals surface area (Å²) in [5.41, 5.74) is 0. The smallest absolute Gasteiger partial charge is 0.303 e. The summed E-state index contributed by atoms with van der Waals surface area (Å²) in [7, 11) is 0. The average Bonchev–Trinajstić information content (AvgIpc) is 2.53. The first-order valence-electron chi connectivity index (χ1n) is 4.14. The van der Waals surface area contributed by atoms with E-state index in [0.717, 1.165) is 0 Å². The third-order valence-electron chi connectivity index (χ3n) is 1.64. The Morgan fingerprint density at radius 3 is 3.07 bits per heavy atom. The number of aromatic nitrogens is 4. The van der Waals surface area contributed by atoms with Gasteiger partial charge in [-0.05, 0) is 16.8 Å². The van der Waals surface area contributed by atoms with E-state index in [-0.39, 0.29) is 6.42 Å². The molecule has 0 radical (unpaired) electrons. The molecule has 0 saturated heterocycles. The summed E-state index contributed by atoms with van der Waals surface area (Å²) in [5, 5.41) is 19.3. The van der Waals surface area contributed by atoms with Crippen molar-refractivity contribution in [2.45, 2.75) is 25.8 Å². The normalized spacial score (nSPS) is 9.64. The van der Waals surface area contributed by atoms with Crippen molar-refractivity contribution < 1.29 is 9.90 Å². The van der Waals surface area contributed by atoms with Crippen molar-refractivity contribution in [3.63, 3.8) is 0 Å². The molecule has 1 rings (SSSR count). The van der Waals surface area contributed by atoms with Gasteiger partial charge in [-0.2, -0.15) is 0 Å². The number of terminal acetylenes is 1. The maximum absolute atomic E-state index is 10.2. The summed E-state index contributed by atoms with van der Waals surface area (Å²) in [5.74, 6) is 2.22. The molecule has 0 saturated carbocycles. The quantitative estimate of drug-likeness (QED) is 0.651. The summed E-state index contributed by atoms with van der Waals surface area (Å²) in [6, 6.07) is 0. The lowest BCUT2D eigenvalue weighted by Crippen LogP contribution is -2.05. The van der Waals surface area contributed by atoms with Crippen LogP contribution in [0.25, 0.3) is 0 Å². The number of rotatable bonds is 5. The van der Waals surface area contributed by atoms with E-state index >= 15 is 0 Å². The first-order valence-corrected chi connectivity index (χ1v) is 4.14. The van der Waals surface area contributed by atoms with Crippen LogP contribution in [0.5, 0.6) is 0 Å². The fourth-order valence-electron chi connectivity index (χ4n) is 1.01. The zero-order valence-corrected chi connectivity index (χ0v) is 7.55. The molecule has 1 N–H and O–H groups in total. The minimum atomic E-state index is -0.819. The Bertz CT molecular complexity index is 352. The van der Waals surface area contributed by atoms with Gasteiger partial charge in [-0.3, -0.25) is 4.79 Å². The number of tetrazole rings is 1.